The molecular formula is C10H5ClF4O2. The lowest BCUT2D eigenvalue weighted by molar-refractivity contribution is -0.165. The number of hydrogen-bond donors (Lipinski definition) is 1. The van der Waals surface area contributed by atoms with E-state index in [1.807, 2.05) is 0 Å². The Kier molecular flexibility index (Phi) is 3.77. The molecule has 1 aromatic rings. The fraction of sp³-hybridized carbons (Fsp3) is 0.100. The van der Waals surface area contributed by atoms with Crippen LogP contribution in [-0.4, -0.2) is 17.1 Å². The number of carbonyl (C=O) groups is 1. The van der Waals surface area contributed by atoms with Gasteiger partial charge in [-0.25, -0.2) is 4.39 Å². The zero-order chi connectivity index (χ0) is 13.2. The number of aliphatic hydroxyl groups is 1. The van der Waals surface area contributed by atoms with Crippen molar-refractivity contribution in [1.29, 1.82) is 0 Å². The Morgan fingerprint density at radius 3 is 2.06 bits per heavy atom. The van der Waals surface area contributed by atoms with Gasteiger partial charge in [-0.2, -0.15) is 13.2 Å². The highest BCUT2D eigenvalue weighted by atomic mass is 35.5. The molecule has 0 unspecified atom stereocenters. The van der Waals surface area contributed by atoms with E-state index in [2.05, 4.69) is 0 Å². The molecule has 0 aromatic heterocycles. The first-order chi connectivity index (χ1) is 7.73. The molecule has 1 rings (SSSR count). The molecule has 0 aliphatic rings. The van der Waals surface area contributed by atoms with Crippen LogP contribution in [0.1, 0.15) is 5.56 Å². The molecule has 1 aromatic carbocycles. The molecule has 0 heterocycles. The summed E-state index contributed by atoms with van der Waals surface area (Å²) >= 11 is 5.11. The maximum Gasteiger partial charge on any atom is 0.455 e. The molecular weight excluding hydrogens is 264 g/mol. The molecule has 0 amide bonds. The number of Topliss-reactive ketones (excluding diaryl/α,β-unsaturated/α-hetero) is 1. The summed E-state index contributed by atoms with van der Waals surface area (Å²) in [5.41, 5.74) is -0.186. The summed E-state index contributed by atoms with van der Waals surface area (Å²) < 4.78 is 48.5. The van der Waals surface area contributed by atoms with Crippen molar-refractivity contribution in [3.8, 4) is 0 Å². The SMILES string of the molecule is O=C(C(Cl)=C(O)c1ccc(F)cc1)C(F)(F)F. The maximum atomic E-state index is 12.5. The van der Waals surface area contributed by atoms with Gasteiger partial charge in [-0.1, -0.05) is 11.6 Å². The highest BCUT2D eigenvalue weighted by molar-refractivity contribution is 6.45. The normalized spacial score (nSPS) is 13.2. The van der Waals surface area contributed by atoms with Crippen LogP contribution in [0.25, 0.3) is 5.76 Å². The number of halogens is 5. The molecule has 0 spiro atoms. The highest BCUT2D eigenvalue weighted by Crippen LogP contribution is 2.27. The Hall–Kier alpha value is -1.56. The average molecular weight is 269 g/mol. The van der Waals surface area contributed by atoms with Gasteiger partial charge in [-0.15, -0.1) is 0 Å². The van der Waals surface area contributed by atoms with E-state index in [9.17, 15) is 27.5 Å². The monoisotopic (exact) mass is 268 g/mol. The number of carbonyl (C=O) groups excluding carboxylic acids is 1. The van der Waals surface area contributed by atoms with E-state index >= 15 is 0 Å². The van der Waals surface area contributed by atoms with Crippen LogP contribution in [0.4, 0.5) is 17.6 Å². The Morgan fingerprint density at radius 2 is 1.65 bits per heavy atom. The lowest BCUT2D eigenvalue weighted by atomic mass is 10.1. The lowest BCUT2D eigenvalue weighted by Gasteiger charge is -2.06. The molecule has 0 aliphatic heterocycles. The predicted molar refractivity (Wildman–Crippen MR) is 52.9 cm³/mol. The van der Waals surface area contributed by atoms with Crippen LogP contribution in [0.15, 0.2) is 29.3 Å². The van der Waals surface area contributed by atoms with Crippen LogP contribution in [-0.2, 0) is 4.79 Å². The molecule has 0 saturated heterocycles. The highest BCUT2D eigenvalue weighted by Gasteiger charge is 2.41. The second kappa shape index (κ2) is 4.75. The zero-order valence-electron chi connectivity index (χ0n) is 8.05. The number of alkyl halides is 3. The first kappa shape index (κ1) is 13.5. The first-order valence-electron chi connectivity index (χ1n) is 4.19. The molecule has 0 radical (unpaired) electrons. The third-order valence-electron chi connectivity index (χ3n) is 1.78. The molecule has 17 heavy (non-hydrogen) atoms. The lowest BCUT2D eigenvalue weighted by Crippen LogP contribution is -2.23. The number of benzene rings is 1. The van der Waals surface area contributed by atoms with Crippen LogP contribution >= 0.6 is 11.6 Å². The van der Waals surface area contributed by atoms with Crippen molar-refractivity contribution in [3.05, 3.63) is 40.7 Å². The van der Waals surface area contributed by atoms with E-state index in [1.54, 1.807) is 0 Å². The average Bonchev–Trinajstić information content (AvgIpc) is 2.26. The maximum absolute atomic E-state index is 12.5. The van der Waals surface area contributed by atoms with Gasteiger partial charge in [0.25, 0.3) is 5.78 Å². The Bertz CT molecular complexity index is 462. The van der Waals surface area contributed by atoms with Crippen LogP contribution in [0.5, 0.6) is 0 Å². The molecule has 0 aliphatic carbocycles. The second-order valence-electron chi connectivity index (χ2n) is 3.00. The van der Waals surface area contributed by atoms with Crippen molar-refractivity contribution in [2.75, 3.05) is 0 Å². The largest absolute Gasteiger partial charge is 0.506 e. The van der Waals surface area contributed by atoms with E-state index < -0.39 is 28.6 Å². The number of allylic oxidation sites excluding steroid dienone is 1. The van der Waals surface area contributed by atoms with Crippen LogP contribution in [0.3, 0.4) is 0 Å². The van der Waals surface area contributed by atoms with Gasteiger partial charge < -0.3 is 5.11 Å². The summed E-state index contributed by atoms with van der Waals surface area (Å²) in [6.07, 6.45) is -5.18. The van der Waals surface area contributed by atoms with Crippen molar-refractivity contribution < 1.29 is 27.5 Å². The molecule has 0 atom stereocenters. The van der Waals surface area contributed by atoms with Gasteiger partial charge in [0.2, 0.25) is 0 Å². The van der Waals surface area contributed by atoms with Crippen molar-refractivity contribution in [2.45, 2.75) is 6.18 Å². The van der Waals surface area contributed by atoms with Gasteiger partial charge in [-0.3, -0.25) is 4.79 Å². The van der Waals surface area contributed by atoms with Crippen LogP contribution in [0, 0.1) is 5.82 Å². The van der Waals surface area contributed by atoms with Gasteiger partial charge in [-0.05, 0) is 24.3 Å². The number of ketones is 1. The smallest absolute Gasteiger partial charge is 0.455 e. The zero-order valence-corrected chi connectivity index (χ0v) is 8.81. The topological polar surface area (TPSA) is 37.3 Å². The summed E-state index contributed by atoms with van der Waals surface area (Å²) in [6, 6.07) is 3.81. The number of rotatable bonds is 2. The third kappa shape index (κ3) is 3.20. The van der Waals surface area contributed by atoms with Crippen molar-refractivity contribution in [1.82, 2.24) is 0 Å². The molecule has 2 nitrogen and oxygen atoms in total. The molecule has 7 heteroatoms. The molecule has 92 valence electrons. The van der Waals surface area contributed by atoms with E-state index in [4.69, 9.17) is 11.6 Å². The molecule has 0 bridgehead atoms. The van der Waals surface area contributed by atoms with E-state index in [0.717, 1.165) is 24.3 Å². The fourth-order valence-electron chi connectivity index (χ4n) is 0.966. The second-order valence-corrected chi connectivity index (χ2v) is 3.37. The van der Waals surface area contributed by atoms with Gasteiger partial charge >= 0.3 is 6.18 Å². The van der Waals surface area contributed by atoms with Gasteiger partial charge in [0.1, 0.15) is 16.6 Å². The molecule has 1 N–H and O–H groups in total. The Morgan fingerprint density at radius 1 is 1.18 bits per heavy atom. The first-order valence-corrected chi connectivity index (χ1v) is 4.57. The standard InChI is InChI=1S/C10H5ClF4O2/c11-7(9(17)10(13,14)15)8(16)5-1-3-6(12)4-2-5/h1-4,16H. The van der Waals surface area contributed by atoms with Gasteiger partial charge in [0, 0.05) is 5.56 Å². The van der Waals surface area contributed by atoms with E-state index in [1.165, 1.54) is 0 Å². The van der Waals surface area contributed by atoms with E-state index in [0.29, 0.717) is 0 Å². The van der Waals surface area contributed by atoms with Crippen molar-refractivity contribution >= 4 is 23.1 Å². The third-order valence-corrected chi connectivity index (χ3v) is 2.13. The van der Waals surface area contributed by atoms with Crippen molar-refractivity contribution in [2.24, 2.45) is 0 Å². The summed E-state index contributed by atoms with van der Waals surface area (Å²) in [4.78, 5) is 10.7. The minimum absolute atomic E-state index is 0.186. The predicted octanol–water partition coefficient (Wildman–Crippen LogP) is 3.42. The van der Waals surface area contributed by atoms with Gasteiger partial charge in [0.05, 0.1) is 0 Å². The fourth-order valence-corrected chi connectivity index (χ4v) is 1.18. The van der Waals surface area contributed by atoms with E-state index in [-0.39, 0.29) is 5.56 Å². The number of aliphatic hydroxyl groups excluding tert-OH is 1. The summed E-state index contributed by atoms with van der Waals surface area (Å²) in [5, 5.41) is 7.96. The van der Waals surface area contributed by atoms with Crippen LogP contribution < -0.4 is 0 Å². The summed E-state index contributed by atoms with van der Waals surface area (Å²) in [7, 11) is 0. The summed E-state index contributed by atoms with van der Waals surface area (Å²) in [5.74, 6) is -4.05. The minimum atomic E-state index is -5.18. The summed E-state index contributed by atoms with van der Waals surface area (Å²) in [6.45, 7) is 0. The quantitative estimate of drug-likeness (QED) is 0.507. The number of hydrogen-bond acceptors (Lipinski definition) is 2. The molecule has 0 saturated carbocycles. The van der Waals surface area contributed by atoms with Crippen molar-refractivity contribution in [3.63, 3.8) is 0 Å². The Balaban J connectivity index is 3.14. The molecule has 0 fully saturated rings. The Labute approximate surface area is 98.1 Å². The minimum Gasteiger partial charge on any atom is -0.506 e. The van der Waals surface area contributed by atoms with Crippen LogP contribution in [0.2, 0.25) is 0 Å². The van der Waals surface area contributed by atoms with Gasteiger partial charge in [0.15, 0.2) is 0 Å².